The van der Waals surface area contributed by atoms with Gasteiger partial charge in [0.25, 0.3) is 0 Å². The Morgan fingerprint density at radius 3 is 1.95 bits per heavy atom. The van der Waals surface area contributed by atoms with Crippen LogP contribution in [0.2, 0.25) is 0 Å². The summed E-state index contributed by atoms with van der Waals surface area (Å²) in [4.78, 5) is 10.9. The maximum atomic E-state index is 10.9. The molecule has 1 heteroatoms. The van der Waals surface area contributed by atoms with E-state index in [1.807, 2.05) is 24.3 Å². The lowest BCUT2D eigenvalue weighted by Gasteiger charge is -2.20. The van der Waals surface area contributed by atoms with Crippen LogP contribution < -0.4 is 0 Å². The normalized spacial score (nSPS) is 13.7. The van der Waals surface area contributed by atoms with E-state index in [2.05, 4.69) is 43.3 Å². The number of hydrogen-bond acceptors (Lipinski definition) is 1. The highest BCUT2D eigenvalue weighted by Crippen LogP contribution is 2.31. The lowest BCUT2D eigenvalue weighted by atomic mass is 9.84. The van der Waals surface area contributed by atoms with E-state index in [0.29, 0.717) is 18.3 Å². The van der Waals surface area contributed by atoms with Crippen LogP contribution in [0.25, 0.3) is 0 Å². The zero-order valence-corrected chi connectivity index (χ0v) is 11.3. The second kappa shape index (κ2) is 6.89. The molecule has 0 heterocycles. The number of carbonyl (C=O) groups is 1. The van der Waals surface area contributed by atoms with Crippen LogP contribution in [-0.4, -0.2) is 6.29 Å². The van der Waals surface area contributed by atoms with E-state index in [-0.39, 0.29) is 0 Å². The highest BCUT2D eigenvalue weighted by molar-refractivity contribution is 5.51. The van der Waals surface area contributed by atoms with Crippen LogP contribution in [-0.2, 0) is 4.79 Å². The topological polar surface area (TPSA) is 17.1 Å². The first-order chi connectivity index (χ1) is 9.31. The largest absolute Gasteiger partial charge is 0.303 e. The molecule has 0 fully saturated rings. The van der Waals surface area contributed by atoms with Crippen LogP contribution in [0.3, 0.4) is 0 Å². The molecule has 2 atom stereocenters. The Morgan fingerprint density at radius 1 is 0.895 bits per heavy atom. The first-order valence-electron chi connectivity index (χ1n) is 6.84. The minimum absolute atomic E-state index is 0.314. The van der Waals surface area contributed by atoms with Crippen LogP contribution in [0, 0.1) is 0 Å². The summed E-state index contributed by atoms with van der Waals surface area (Å²) in [5.74, 6) is 0.778. The zero-order valence-electron chi connectivity index (χ0n) is 11.3. The summed E-state index contributed by atoms with van der Waals surface area (Å²) in [6.45, 7) is 2.23. The molecular weight excluding hydrogens is 232 g/mol. The summed E-state index contributed by atoms with van der Waals surface area (Å²) in [7, 11) is 0. The summed E-state index contributed by atoms with van der Waals surface area (Å²) in [6, 6.07) is 20.8. The summed E-state index contributed by atoms with van der Waals surface area (Å²) in [6.07, 6.45) is 2.64. The van der Waals surface area contributed by atoms with Gasteiger partial charge >= 0.3 is 0 Å². The van der Waals surface area contributed by atoms with Gasteiger partial charge < -0.3 is 4.79 Å². The number of carbonyl (C=O) groups excluding carboxylic acids is 1. The van der Waals surface area contributed by atoms with Gasteiger partial charge in [0, 0.05) is 6.42 Å². The van der Waals surface area contributed by atoms with Crippen molar-refractivity contribution in [3.05, 3.63) is 71.8 Å². The average molecular weight is 252 g/mol. The number of rotatable bonds is 6. The second-order valence-corrected chi connectivity index (χ2v) is 5.06. The highest BCUT2D eigenvalue weighted by Gasteiger charge is 2.15. The Morgan fingerprint density at radius 2 is 1.42 bits per heavy atom. The van der Waals surface area contributed by atoms with Crippen molar-refractivity contribution in [3.63, 3.8) is 0 Å². The van der Waals surface area contributed by atoms with E-state index < -0.39 is 0 Å². The molecule has 0 aliphatic carbocycles. The standard InChI is InChI=1S/C18H20O/c1-15(16-8-4-2-5-9-16)14-18(12-13-19)17-10-6-3-7-11-17/h2-11,13,15,18H,12,14H2,1H3. The van der Waals surface area contributed by atoms with Crippen LogP contribution in [0.4, 0.5) is 0 Å². The van der Waals surface area contributed by atoms with Gasteiger partial charge in [0.05, 0.1) is 0 Å². The van der Waals surface area contributed by atoms with Crippen LogP contribution in [0.5, 0.6) is 0 Å². The van der Waals surface area contributed by atoms with Crippen molar-refractivity contribution in [1.82, 2.24) is 0 Å². The molecule has 0 spiro atoms. The fraction of sp³-hybridized carbons (Fsp3) is 0.278. The predicted molar refractivity (Wildman–Crippen MR) is 79.3 cm³/mol. The van der Waals surface area contributed by atoms with Gasteiger partial charge in [0.1, 0.15) is 6.29 Å². The van der Waals surface area contributed by atoms with E-state index in [4.69, 9.17) is 0 Å². The van der Waals surface area contributed by atoms with Gasteiger partial charge in [0.15, 0.2) is 0 Å². The molecule has 2 aromatic carbocycles. The average Bonchev–Trinajstić information content (AvgIpc) is 2.48. The monoisotopic (exact) mass is 252 g/mol. The van der Waals surface area contributed by atoms with E-state index >= 15 is 0 Å². The summed E-state index contributed by atoms with van der Waals surface area (Å²) < 4.78 is 0. The van der Waals surface area contributed by atoms with Gasteiger partial charge in [-0.2, -0.15) is 0 Å². The van der Waals surface area contributed by atoms with Crippen molar-refractivity contribution < 1.29 is 4.79 Å². The molecule has 98 valence electrons. The summed E-state index contributed by atoms with van der Waals surface area (Å²) in [5, 5.41) is 0. The second-order valence-electron chi connectivity index (χ2n) is 5.06. The Bertz CT molecular complexity index is 490. The lowest BCUT2D eigenvalue weighted by molar-refractivity contribution is -0.108. The van der Waals surface area contributed by atoms with Gasteiger partial charge in [-0.25, -0.2) is 0 Å². The molecule has 19 heavy (non-hydrogen) atoms. The molecule has 0 bridgehead atoms. The fourth-order valence-corrected chi connectivity index (χ4v) is 2.55. The maximum absolute atomic E-state index is 10.9. The molecule has 2 unspecified atom stereocenters. The van der Waals surface area contributed by atoms with E-state index in [0.717, 1.165) is 12.7 Å². The van der Waals surface area contributed by atoms with E-state index in [1.54, 1.807) is 0 Å². The van der Waals surface area contributed by atoms with Crippen molar-refractivity contribution in [2.75, 3.05) is 0 Å². The van der Waals surface area contributed by atoms with Crippen LogP contribution >= 0.6 is 0 Å². The SMILES string of the molecule is CC(CC(CC=O)c1ccccc1)c1ccccc1. The smallest absolute Gasteiger partial charge is 0.120 e. The van der Waals surface area contributed by atoms with Crippen molar-refractivity contribution in [2.45, 2.75) is 31.6 Å². The van der Waals surface area contributed by atoms with Crippen molar-refractivity contribution in [1.29, 1.82) is 0 Å². The third-order valence-electron chi connectivity index (χ3n) is 3.66. The fourth-order valence-electron chi connectivity index (χ4n) is 2.55. The Hall–Kier alpha value is -1.89. The Labute approximate surface area is 115 Å². The summed E-state index contributed by atoms with van der Waals surface area (Å²) in [5.41, 5.74) is 2.60. The summed E-state index contributed by atoms with van der Waals surface area (Å²) >= 11 is 0. The molecule has 0 saturated carbocycles. The predicted octanol–water partition coefficient (Wildman–Crippen LogP) is 4.55. The van der Waals surface area contributed by atoms with Gasteiger partial charge in [-0.1, -0.05) is 67.6 Å². The van der Waals surface area contributed by atoms with Crippen molar-refractivity contribution >= 4 is 6.29 Å². The van der Waals surface area contributed by atoms with Crippen LogP contribution in [0.1, 0.15) is 42.7 Å². The van der Waals surface area contributed by atoms with E-state index in [9.17, 15) is 4.79 Å². The minimum atomic E-state index is 0.314. The molecule has 0 amide bonds. The van der Waals surface area contributed by atoms with E-state index in [1.165, 1.54) is 11.1 Å². The first-order valence-corrected chi connectivity index (χ1v) is 6.84. The van der Waals surface area contributed by atoms with Crippen molar-refractivity contribution in [2.24, 2.45) is 0 Å². The molecule has 0 aromatic heterocycles. The number of hydrogen-bond donors (Lipinski definition) is 0. The molecular formula is C18H20O. The third kappa shape index (κ3) is 3.78. The molecule has 0 aliphatic heterocycles. The number of aldehydes is 1. The molecule has 0 radical (unpaired) electrons. The zero-order chi connectivity index (χ0) is 13.5. The van der Waals surface area contributed by atoms with Gasteiger partial charge in [0.2, 0.25) is 0 Å². The Kier molecular flexibility index (Phi) is 4.91. The quantitative estimate of drug-likeness (QED) is 0.689. The number of benzene rings is 2. The molecule has 1 nitrogen and oxygen atoms in total. The van der Waals surface area contributed by atoms with Gasteiger partial charge in [-0.05, 0) is 29.4 Å². The Balaban J connectivity index is 2.11. The molecule has 0 aliphatic rings. The first kappa shape index (κ1) is 13.5. The third-order valence-corrected chi connectivity index (χ3v) is 3.66. The van der Waals surface area contributed by atoms with Crippen molar-refractivity contribution in [3.8, 4) is 0 Å². The van der Waals surface area contributed by atoms with Crippen LogP contribution in [0.15, 0.2) is 60.7 Å². The lowest BCUT2D eigenvalue weighted by Crippen LogP contribution is -2.05. The maximum Gasteiger partial charge on any atom is 0.120 e. The highest BCUT2D eigenvalue weighted by atomic mass is 16.1. The molecule has 2 aromatic rings. The van der Waals surface area contributed by atoms with Gasteiger partial charge in [-0.3, -0.25) is 0 Å². The molecule has 2 rings (SSSR count). The molecule has 0 saturated heterocycles. The molecule has 0 N–H and O–H groups in total. The van der Waals surface area contributed by atoms with Gasteiger partial charge in [-0.15, -0.1) is 0 Å². The minimum Gasteiger partial charge on any atom is -0.303 e.